The predicted molar refractivity (Wildman–Crippen MR) is 154 cm³/mol. The van der Waals surface area contributed by atoms with Crippen molar-refractivity contribution in [1.29, 1.82) is 0 Å². The minimum atomic E-state index is -3.93. The predicted octanol–water partition coefficient (Wildman–Crippen LogP) is 3.60. The van der Waals surface area contributed by atoms with Crippen LogP contribution in [0, 0.1) is 12.8 Å². The maximum Gasteiger partial charge on any atom is 0.348 e. The fourth-order valence-corrected chi connectivity index (χ4v) is 8.83. The van der Waals surface area contributed by atoms with E-state index in [-0.39, 0.29) is 34.0 Å². The maximum absolute atomic E-state index is 14.0. The number of carbonyl (C=O) groups excluding carboxylic acids is 2. The number of benzene rings is 2. The maximum atomic E-state index is 14.0. The summed E-state index contributed by atoms with van der Waals surface area (Å²) in [4.78, 5) is 30.3. The number of amides is 1. The van der Waals surface area contributed by atoms with E-state index in [4.69, 9.17) is 9.47 Å². The quantitative estimate of drug-likeness (QED) is 0.392. The minimum absolute atomic E-state index is 0.0376. The molecule has 11 heteroatoms. The highest BCUT2D eigenvalue weighted by atomic mass is 32.2. The van der Waals surface area contributed by atoms with Crippen molar-refractivity contribution in [1.82, 2.24) is 9.21 Å². The molecule has 0 aliphatic carbocycles. The summed E-state index contributed by atoms with van der Waals surface area (Å²) in [7, 11) is -1.01. The van der Waals surface area contributed by atoms with Crippen LogP contribution in [0.15, 0.2) is 64.9 Å². The van der Waals surface area contributed by atoms with Gasteiger partial charge in [0.15, 0.2) is 0 Å². The second-order valence-corrected chi connectivity index (χ2v) is 13.2. The largest absolute Gasteiger partial charge is 0.495 e. The van der Waals surface area contributed by atoms with Crippen molar-refractivity contribution in [2.75, 3.05) is 58.4 Å². The van der Waals surface area contributed by atoms with Crippen LogP contribution in [0.5, 0.6) is 5.75 Å². The number of anilines is 1. The first-order valence-electron chi connectivity index (χ1n) is 13.1. The highest BCUT2D eigenvalue weighted by Crippen LogP contribution is 2.39. The van der Waals surface area contributed by atoms with Gasteiger partial charge in [0, 0.05) is 45.2 Å². The van der Waals surface area contributed by atoms with E-state index in [1.165, 1.54) is 17.5 Å². The molecule has 2 aliphatic rings. The molecule has 0 unspecified atom stereocenters. The molecule has 3 heterocycles. The number of para-hydroxylation sites is 2. The van der Waals surface area contributed by atoms with Crippen molar-refractivity contribution in [3.63, 3.8) is 0 Å². The van der Waals surface area contributed by atoms with Gasteiger partial charge < -0.3 is 19.3 Å². The third-order valence-electron chi connectivity index (χ3n) is 7.68. The molecule has 5 rings (SSSR count). The molecule has 0 radical (unpaired) electrons. The van der Waals surface area contributed by atoms with Crippen molar-refractivity contribution < 1.29 is 27.5 Å². The molecule has 40 heavy (non-hydrogen) atoms. The number of hydrogen-bond acceptors (Lipinski definition) is 8. The Morgan fingerprint density at radius 3 is 2.27 bits per heavy atom. The highest BCUT2D eigenvalue weighted by molar-refractivity contribution is 7.91. The number of nitrogens with zero attached hydrogens (tertiary/aromatic N) is 3. The highest BCUT2D eigenvalue weighted by Gasteiger charge is 2.46. The number of esters is 1. The van der Waals surface area contributed by atoms with Crippen molar-refractivity contribution in [3.05, 3.63) is 76.7 Å². The van der Waals surface area contributed by atoms with Gasteiger partial charge in [-0.3, -0.25) is 4.79 Å². The lowest BCUT2D eigenvalue weighted by Gasteiger charge is -2.38. The van der Waals surface area contributed by atoms with Crippen LogP contribution in [-0.4, -0.2) is 83.0 Å². The molecule has 2 aromatic carbocycles. The van der Waals surface area contributed by atoms with Crippen LogP contribution in [0.25, 0.3) is 0 Å². The SMILES string of the molecule is COC(=O)c1cc(C)c(S(=O)(=O)N2C[C@@H](C(=O)N3CCN(c4ccccc4OC)CC3)[C@H](c3ccccc3)C2)s1. The fourth-order valence-electron chi connectivity index (χ4n) is 5.59. The third-order valence-corrected chi connectivity index (χ3v) is 11.3. The van der Waals surface area contributed by atoms with Crippen LogP contribution in [0.1, 0.15) is 26.7 Å². The summed E-state index contributed by atoms with van der Waals surface area (Å²) in [5, 5.41) is 0. The van der Waals surface area contributed by atoms with E-state index < -0.39 is 21.9 Å². The van der Waals surface area contributed by atoms with Gasteiger partial charge in [-0.1, -0.05) is 42.5 Å². The Labute approximate surface area is 239 Å². The van der Waals surface area contributed by atoms with E-state index in [9.17, 15) is 18.0 Å². The molecule has 1 aromatic heterocycles. The number of carbonyl (C=O) groups is 2. The molecule has 0 N–H and O–H groups in total. The Morgan fingerprint density at radius 2 is 1.60 bits per heavy atom. The average Bonchev–Trinajstić information content (AvgIpc) is 3.62. The van der Waals surface area contributed by atoms with Crippen LogP contribution >= 0.6 is 11.3 Å². The molecule has 2 saturated heterocycles. The molecule has 2 aliphatic heterocycles. The van der Waals surface area contributed by atoms with E-state index >= 15 is 0 Å². The van der Waals surface area contributed by atoms with Crippen molar-refractivity contribution in [2.45, 2.75) is 17.1 Å². The van der Waals surface area contributed by atoms with Gasteiger partial charge in [-0.15, -0.1) is 11.3 Å². The lowest BCUT2D eigenvalue weighted by atomic mass is 9.88. The van der Waals surface area contributed by atoms with Crippen LogP contribution in [0.3, 0.4) is 0 Å². The molecule has 1 amide bonds. The van der Waals surface area contributed by atoms with Crippen LogP contribution < -0.4 is 9.64 Å². The van der Waals surface area contributed by atoms with Gasteiger partial charge in [0.2, 0.25) is 5.91 Å². The molecule has 2 atom stereocenters. The van der Waals surface area contributed by atoms with Gasteiger partial charge in [-0.2, -0.15) is 4.31 Å². The summed E-state index contributed by atoms with van der Waals surface area (Å²) in [6.07, 6.45) is 0. The molecule has 0 saturated carbocycles. The Kier molecular flexibility index (Phi) is 8.16. The second-order valence-electron chi connectivity index (χ2n) is 10.0. The topological polar surface area (TPSA) is 96.5 Å². The molecule has 0 spiro atoms. The zero-order valence-corrected chi connectivity index (χ0v) is 24.4. The number of aryl methyl sites for hydroxylation is 1. The normalized spacial score (nSPS) is 20.0. The Bertz CT molecular complexity index is 1480. The lowest BCUT2D eigenvalue weighted by molar-refractivity contribution is -0.135. The van der Waals surface area contributed by atoms with E-state index in [0.717, 1.165) is 28.3 Å². The first-order chi connectivity index (χ1) is 19.2. The van der Waals surface area contributed by atoms with Crippen LogP contribution in [0.4, 0.5) is 5.69 Å². The summed E-state index contributed by atoms with van der Waals surface area (Å²) in [5.74, 6) is -0.614. The summed E-state index contributed by atoms with van der Waals surface area (Å²) in [5.41, 5.74) is 2.42. The minimum Gasteiger partial charge on any atom is -0.495 e. The van der Waals surface area contributed by atoms with Crippen LogP contribution in [0.2, 0.25) is 0 Å². The van der Waals surface area contributed by atoms with Gasteiger partial charge >= 0.3 is 5.97 Å². The zero-order valence-electron chi connectivity index (χ0n) is 22.8. The molecule has 212 valence electrons. The van der Waals surface area contributed by atoms with Gasteiger partial charge in [-0.05, 0) is 36.2 Å². The molecule has 3 aromatic rings. The third kappa shape index (κ3) is 5.33. The molecular formula is C29H33N3O6S2. The first kappa shape index (κ1) is 28.1. The average molecular weight is 584 g/mol. The van der Waals surface area contributed by atoms with Gasteiger partial charge in [0.1, 0.15) is 14.8 Å². The van der Waals surface area contributed by atoms with Crippen molar-refractivity contribution in [2.24, 2.45) is 5.92 Å². The van der Waals surface area contributed by atoms with Crippen molar-refractivity contribution >= 4 is 38.9 Å². The summed E-state index contributed by atoms with van der Waals surface area (Å²) in [6.45, 7) is 4.32. The fraction of sp³-hybridized carbons (Fsp3) is 0.379. The number of piperazine rings is 1. The van der Waals surface area contributed by atoms with Crippen molar-refractivity contribution in [3.8, 4) is 5.75 Å². The van der Waals surface area contributed by atoms with E-state index in [1.54, 1.807) is 14.0 Å². The molecule has 0 bridgehead atoms. The second kappa shape index (κ2) is 11.6. The number of thiophene rings is 1. The summed E-state index contributed by atoms with van der Waals surface area (Å²) >= 11 is 0.907. The number of ether oxygens (including phenoxy) is 2. The Morgan fingerprint density at radius 1 is 0.925 bits per heavy atom. The molecular weight excluding hydrogens is 550 g/mol. The van der Waals surface area contributed by atoms with E-state index in [2.05, 4.69) is 4.90 Å². The van der Waals surface area contributed by atoms with E-state index in [1.807, 2.05) is 59.5 Å². The van der Waals surface area contributed by atoms with E-state index in [0.29, 0.717) is 31.7 Å². The monoisotopic (exact) mass is 583 g/mol. The van der Waals surface area contributed by atoms with Gasteiger partial charge in [0.05, 0.1) is 25.8 Å². The summed E-state index contributed by atoms with van der Waals surface area (Å²) < 4.78 is 39.4. The number of rotatable bonds is 7. The summed E-state index contributed by atoms with van der Waals surface area (Å²) in [6, 6.07) is 19.0. The number of sulfonamides is 1. The lowest BCUT2D eigenvalue weighted by Crippen LogP contribution is -2.51. The standard InChI is InChI=1S/C29H33N3O6S2/c1-20-17-26(28(34)38-3)39-29(20)40(35,36)32-18-22(21-9-5-4-6-10-21)23(19-32)27(33)31-15-13-30(14-16-31)24-11-7-8-12-25(24)37-2/h4-12,17,22-23H,13-16,18-19H2,1-3H3/t22-,23+/m0/s1. The number of methoxy groups -OCH3 is 2. The molecule has 2 fully saturated rings. The Balaban J connectivity index is 1.37. The Hall–Kier alpha value is -3.41. The van der Waals surface area contributed by atoms with Crippen LogP contribution in [-0.2, 0) is 19.6 Å². The first-order valence-corrected chi connectivity index (χ1v) is 15.4. The zero-order chi connectivity index (χ0) is 28.4. The number of hydrogen-bond donors (Lipinski definition) is 0. The smallest absolute Gasteiger partial charge is 0.348 e. The van der Waals surface area contributed by atoms with Gasteiger partial charge in [0.25, 0.3) is 10.0 Å². The molecule has 9 nitrogen and oxygen atoms in total. The van der Waals surface area contributed by atoms with Gasteiger partial charge in [-0.25, -0.2) is 13.2 Å².